The van der Waals surface area contributed by atoms with Crippen molar-refractivity contribution in [2.45, 2.75) is 17.7 Å². The lowest BCUT2D eigenvalue weighted by Gasteiger charge is -2.09. The number of para-hydroxylation sites is 1. The van der Waals surface area contributed by atoms with E-state index >= 15 is 0 Å². The van der Waals surface area contributed by atoms with Crippen molar-refractivity contribution in [3.63, 3.8) is 0 Å². The van der Waals surface area contributed by atoms with Gasteiger partial charge in [-0.15, -0.1) is 0 Å². The largest absolute Gasteiger partial charge is 0.492 e. The molecule has 2 rings (SSSR count). The predicted molar refractivity (Wildman–Crippen MR) is 97.1 cm³/mol. The van der Waals surface area contributed by atoms with Crippen molar-refractivity contribution in [3.8, 4) is 5.75 Å². The van der Waals surface area contributed by atoms with Crippen LogP contribution in [0.2, 0.25) is 0 Å². The lowest BCUT2D eigenvalue weighted by Crippen LogP contribution is -2.13. The van der Waals surface area contributed by atoms with Crippen LogP contribution >= 0.6 is 15.9 Å². The van der Waals surface area contributed by atoms with Crippen LogP contribution in [0.5, 0.6) is 5.75 Å². The number of sulfone groups is 1. The Bertz CT molecular complexity index is 821. The van der Waals surface area contributed by atoms with Crippen LogP contribution in [-0.4, -0.2) is 27.2 Å². The lowest BCUT2D eigenvalue weighted by atomic mass is 10.2. The van der Waals surface area contributed by atoms with Crippen molar-refractivity contribution < 1.29 is 17.9 Å². The minimum Gasteiger partial charge on any atom is -0.492 e. The second-order valence-corrected chi connectivity index (χ2v) is 8.10. The first-order valence-corrected chi connectivity index (χ1v) is 10.0. The van der Waals surface area contributed by atoms with Crippen molar-refractivity contribution in [2.75, 3.05) is 18.2 Å². The molecule has 0 heterocycles. The van der Waals surface area contributed by atoms with E-state index in [-0.39, 0.29) is 17.2 Å². The summed E-state index contributed by atoms with van der Waals surface area (Å²) in [5, 5.41) is 2.70. The van der Waals surface area contributed by atoms with E-state index in [0.717, 1.165) is 16.5 Å². The van der Waals surface area contributed by atoms with E-state index in [9.17, 15) is 13.2 Å². The van der Waals surface area contributed by atoms with Gasteiger partial charge in [0.15, 0.2) is 9.84 Å². The highest BCUT2D eigenvalue weighted by Gasteiger charge is 2.09. The predicted octanol–water partition coefficient (Wildman–Crippen LogP) is 3.65. The van der Waals surface area contributed by atoms with Crippen LogP contribution < -0.4 is 10.1 Å². The van der Waals surface area contributed by atoms with E-state index in [1.54, 1.807) is 12.1 Å². The minimum absolute atomic E-state index is 0.178. The highest BCUT2D eigenvalue weighted by atomic mass is 79.9. The second kappa shape index (κ2) is 8.30. The van der Waals surface area contributed by atoms with Gasteiger partial charge in [0.25, 0.3) is 0 Å². The van der Waals surface area contributed by atoms with E-state index in [0.29, 0.717) is 18.7 Å². The topological polar surface area (TPSA) is 72.5 Å². The number of ether oxygens (including phenoxy) is 1. The molecular weight excluding hydrogens is 394 g/mol. The number of hydrogen-bond acceptors (Lipinski definition) is 4. The van der Waals surface area contributed by atoms with Crippen LogP contribution in [0, 0.1) is 0 Å². The number of nitrogens with one attached hydrogen (secondary N) is 1. The zero-order chi connectivity index (χ0) is 17.6. The first-order valence-electron chi connectivity index (χ1n) is 7.33. The Morgan fingerprint density at radius 3 is 2.62 bits per heavy atom. The number of carbonyl (C=O) groups excluding carboxylic acids is 1. The van der Waals surface area contributed by atoms with E-state index in [4.69, 9.17) is 4.74 Å². The summed E-state index contributed by atoms with van der Waals surface area (Å²) < 4.78 is 29.5. The number of hydrogen-bond donors (Lipinski definition) is 1. The zero-order valence-electron chi connectivity index (χ0n) is 13.2. The first kappa shape index (κ1) is 18.5. The fraction of sp³-hybridized carbons (Fsp3) is 0.235. The second-order valence-electron chi connectivity index (χ2n) is 5.23. The maximum absolute atomic E-state index is 11.9. The molecule has 0 aliphatic heterocycles. The first-order chi connectivity index (χ1) is 11.4. The van der Waals surface area contributed by atoms with Crippen LogP contribution in [0.25, 0.3) is 0 Å². The van der Waals surface area contributed by atoms with Gasteiger partial charge < -0.3 is 10.1 Å². The van der Waals surface area contributed by atoms with Crippen molar-refractivity contribution in [1.82, 2.24) is 0 Å². The molecule has 2 aromatic carbocycles. The normalized spacial score (nSPS) is 11.1. The standard InChI is InChI=1S/C17H18BrNO4S/c1-24(21,22)14-7-4-6-13(12-14)19-17(20)10-5-11-23-16-9-3-2-8-15(16)18/h2-4,6-9,12H,5,10-11H2,1H3,(H,19,20). The van der Waals surface area contributed by atoms with E-state index in [2.05, 4.69) is 21.2 Å². The van der Waals surface area contributed by atoms with Crippen LogP contribution in [0.1, 0.15) is 12.8 Å². The van der Waals surface area contributed by atoms with Gasteiger partial charge in [-0.3, -0.25) is 4.79 Å². The molecule has 0 fully saturated rings. The fourth-order valence-electron chi connectivity index (χ4n) is 2.00. The molecule has 128 valence electrons. The molecule has 0 saturated carbocycles. The fourth-order valence-corrected chi connectivity index (χ4v) is 3.07. The van der Waals surface area contributed by atoms with Crippen LogP contribution in [-0.2, 0) is 14.6 Å². The molecule has 0 saturated heterocycles. The van der Waals surface area contributed by atoms with Crippen molar-refractivity contribution in [3.05, 3.63) is 53.0 Å². The molecule has 0 unspecified atom stereocenters. The smallest absolute Gasteiger partial charge is 0.224 e. The molecule has 24 heavy (non-hydrogen) atoms. The van der Waals surface area contributed by atoms with Gasteiger partial charge >= 0.3 is 0 Å². The zero-order valence-corrected chi connectivity index (χ0v) is 15.6. The summed E-state index contributed by atoms with van der Waals surface area (Å²) in [6.07, 6.45) is 1.97. The van der Waals surface area contributed by atoms with Gasteiger partial charge in [-0.2, -0.15) is 0 Å². The molecule has 1 N–H and O–H groups in total. The molecule has 7 heteroatoms. The molecule has 0 bridgehead atoms. The van der Waals surface area contributed by atoms with Gasteiger partial charge in [0.2, 0.25) is 5.91 Å². The van der Waals surface area contributed by atoms with Crippen LogP contribution in [0.4, 0.5) is 5.69 Å². The quantitative estimate of drug-likeness (QED) is 0.705. The lowest BCUT2D eigenvalue weighted by molar-refractivity contribution is -0.116. The molecule has 0 spiro atoms. The van der Waals surface area contributed by atoms with Crippen molar-refractivity contribution >= 4 is 37.4 Å². The molecule has 0 aliphatic rings. The number of benzene rings is 2. The monoisotopic (exact) mass is 411 g/mol. The van der Waals surface area contributed by atoms with Gasteiger partial charge in [-0.25, -0.2) is 8.42 Å². The third kappa shape index (κ3) is 5.65. The van der Waals surface area contributed by atoms with Gasteiger partial charge in [0.1, 0.15) is 5.75 Å². The highest BCUT2D eigenvalue weighted by molar-refractivity contribution is 9.10. The molecule has 0 atom stereocenters. The Hall–Kier alpha value is -1.86. The molecule has 5 nitrogen and oxygen atoms in total. The summed E-state index contributed by atoms with van der Waals surface area (Å²) in [6.45, 7) is 0.416. The summed E-state index contributed by atoms with van der Waals surface area (Å²) in [7, 11) is -3.29. The summed E-state index contributed by atoms with van der Waals surface area (Å²) in [4.78, 5) is 12.1. The third-order valence-corrected chi connectivity index (χ3v) is 4.95. The Morgan fingerprint density at radius 1 is 1.17 bits per heavy atom. The SMILES string of the molecule is CS(=O)(=O)c1cccc(NC(=O)CCCOc2ccccc2Br)c1. The number of amides is 1. The Balaban J connectivity index is 1.81. The van der Waals surface area contributed by atoms with Gasteiger partial charge in [-0.05, 0) is 52.7 Å². The summed E-state index contributed by atoms with van der Waals surface area (Å²) in [6, 6.07) is 13.7. The van der Waals surface area contributed by atoms with Crippen LogP contribution in [0.3, 0.4) is 0 Å². The van der Waals surface area contributed by atoms with Gasteiger partial charge in [0.05, 0.1) is 16.0 Å². The maximum Gasteiger partial charge on any atom is 0.224 e. The molecule has 2 aromatic rings. The number of carbonyl (C=O) groups is 1. The Morgan fingerprint density at radius 2 is 1.92 bits per heavy atom. The highest BCUT2D eigenvalue weighted by Crippen LogP contribution is 2.23. The molecule has 0 aliphatic carbocycles. The molecular formula is C17H18BrNO4S. The van der Waals surface area contributed by atoms with Crippen LogP contribution in [0.15, 0.2) is 57.9 Å². The van der Waals surface area contributed by atoms with Gasteiger partial charge in [0, 0.05) is 18.4 Å². The van der Waals surface area contributed by atoms with Crippen molar-refractivity contribution in [2.24, 2.45) is 0 Å². The summed E-state index contributed by atoms with van der Waals surface area (Å²) >= 11 is 3.39. The number of anilines is 1. The Kier molecular flexibility index (Phi) is 6.39. The molecule has 0 radical (unpaired) electrons. The summed E-state index contributed by atoms with van der Waals surface area (Å²) in [5.41, 5.74) is 0.467. The maximum atomic E-state index is 11.9. The minimum atomic E-state index is -3.29. The van der Waals surface area contributed by atoms with E-state index < -0.39 is 9.84 Å². The number of halogens is 1. The molecule has 0 aromatic heterocycles. The Labute approximate surface area is 150 Å². The average molecular weight is 412 g/mol. The van der Waals surface area contributed by atoms with E-state index in [1.807, 2.05) is 24.3 Å². The average Bonchev–Trinajstić information content (AvgIpc) is 2.52. The summed E-state index contributed by atoms with van der Waals surface area (Å²) in [5.74, 6) is 0.551. The van der Waals surface area contributed by atoms with Gasteiger partial charge in [-0.1, -0.05) is 18.2 Å². The third-order valence-electron chi connectivity index (χ3n) is 3.19. The number of rotatable bonds is 7. The van der Waals surface area contributed by atoms with Crippen molar-refractivity contribution in [1.29, 1.82) is 0 Å². The molecule has 1 amide bonds. The van der Waals surface area contributed by atoms with E-state index in [1.165, 1.54) is 12.1 Å².